The first-order valence-corrected chi connectivity index (χ1v) is 6.63. The minimum absolute atomic E-state index is 0.0995. The third-order valence-corrected chi connectivity index (χ3v) is 3.19. The second-order valence-electron chi connectivity index (χ2n) is 4.14. The highest BCUT2D eigenvalue weighted by molar-refractivity contribution is 9.10. The third-order valence-electron chi connectivity index (χ3n) is 2.69. The Balaban J connectivity index is 2.04. The van der Waals surface area contributed by atoms with Crippen LogP contribution in [-0.4, -0.2) is 21.5 Å². The Hall–Kier alpha value is -1.33. The summed E-state index contributed by atoms with van der Waals surface area (Å²) in [5.41, 5.74) is 2.16. The van der Waals surface area contributed by atoms with Gasteiger partial charge in [-0.25, -0.2) is 0 Å². The lowest BCUT2D eigenvalue weighted by molar-refractivity contribution is 0.269. The van der Waals surface area contributed by atoms with E-state index in [2.05, 4.69) is 45.4 Å². The van der Waals surface area contributed by atoms with Crippen molar-refractivity contribution in [1.82, 2.24) is 9.78 Å². The molecule has 0 aliphatic heterocycles. The van der Waals surface area contributed by atoms with Crippen LogP contribution in [0, 0.1) is 0 Å². The predicted octanol–water partition coefficient (Wildman–Crippen LogP) is 2.81. The number of anilines is 1. The van der Waals surface area contributed by atoms with Crippen molar-refractivity contribution >= 4 is 21.6 Å². The van der Waals surface area contributed by atoms with Gasteiger partial charge in [0, 0.05) is 16.7 Å². The minimum atomic E-state index is 0.0995. The van der Waals surface area contributed by atoms with Crippen molar-refractivity contribution in [3.05, 3.63) is 46.7 Å². The molecule has 1 heterocycles. The van der Waals surface area contributed by atoms with Crippen LogP contribution < -0.4 is 5.32 Å². The summed E-state index contributed by atoms with van der Waals surface area (Å²) in [7, 11) is 0. The van der Waals surface area contributed by atoms with Crippen LogP contribution in [0.15, 0.2) is 41.1 Å². The zero-order valence-electron chi connectivity index (χ0n) is 10.2. The molecular formula is C13H16BrN3O. The zero-order valence-corrected chi connectivity index (χ0v) is 11.8. The maximum Gasteiger partial charge on any atom is 0.0731 e. The molecule has 0 bridgehead atoms. The molecule has 2 aromatic rings. The highest BCUT2D eigenvalue weighted by Crippen LogP contribution is 2.21. The van der Waals surface area contributed by atoms with Crippen molar-refractivity contribution in [3.63, 3.8) is 0 Å². The van der Waals surface area contributed by atoms with Crippen molar-refractivity contribution in [2.24, 2.45) is 0 Å². The van der Waals surface area contributed by atoms with Crippen molar-refractivity contribution in [3.8, 4) is 0 Å². The quantitative estimate of drug-likeness (QED) is 0.893. The summed E-state index contributed by atoms with van der Waals surface area (Å²) in [6.07, 6.45) is 3.66. The molecule has 5 heteroatoms. The standard InChI is InChI=1S/C13H16BrN3O/c1-10(11-3-2-4-12(14)7-11)16-13-8-15-17(9-13)5-6-18/h2-4,7-10,16,18H,5-6H2,1H3. The molecule has 0 saturated carbocycles. The lowest BCUT2D eigenvalue weighted by Gasteiger charge is -2.14. The van der Waals surface area contributed by atoms with Gasteiger partial charge in [0.1, 0.15) is 0 Å². The third kappa shape index (κ3) is 3.34. The number of hydrogen-bond acceptors (Lipinski definition) is 3. The van der Waals surface area contributed by atoms with Crippen LogP contribution in [0.25, 0.3) is 0 Å². The van der Waals surface area contributed by atoms with Crippen molar-refractivity contribution in [2.75, 3.05) is 11.9 Å². The van der Waals surface area contributed by atoms with Crippen molar-refractivity contribution in [1.29, 1.82) is 0 Å². The molecule has 2 rings (SSSR count). The fraction of sp³-hybridized carbons (Fsp3) is 0.308. The van der Waals surface area contributed by atoms with Crippen LogP contribution in [0.2, 0.25) is 0 Å². The maximum absolute atomic E-state index is 8.83. The van der Waals surface area contributed by atoms with E-state index in [0.29, 0.717) is 6.54 Å². The molecule has 96 valence electrons. The number of hydrogen-bond donors (Lipinski definition) is 2. The normalized spacial score (nSPS) is 12.4. The second kappa shape index (κ2) is 6.02. The van der Waals surface area contributed by atoms with Gasteiger partial charge in [-0.15, -0.1) is 0 Å². The van der Waals surface area contributed by atoms with Gasteiger partial charge in [-0.3, -0.25) is 4.68 Å². The summed E-state index contributed by atoms with van der Waals surface area (Å²) in [5.74, 6) is 0. The van der Waals surface area contributed by atoms with Gasteiger partial charge < -0.3 is 10.4 Å². The van der Waals surface area contributed by atoms with E-state index in [9.17, 15) is 0 Å². The number of nitrogens with zero attached hydrogens (tertiary/aromatic N) is 2. The van der Waals surface area contributed by atoms with Crippen LogP contribution in [0.5, 0.6) is 0 Å². The smallest absolute Gasteiger partial charge is 0.0731 e. The van der Waals surface area contributed by atoms with E-state index < -0.39 is 0 Å². The first-order valence-electron chi connectivity index (χ1n) is 5.84. The summed E-state index contributed by atoms with van der Waals surface area (Å²) < 4.78 is 2.79. The van der Waals surface area contributed by atoms with Crippen LogP contribution in [-0.2, 0) is 6.54 Å². The molecular weight excluding hydrogens is 294 g/mol. The first kappa shape index (κ1) is 13.1. The number of aliphatic hydroxyl groups excluding tert-OH is 1. The molecule has 0 amide bonds. The molecule has 0 aliphatic carbocycles. The molecule has 1 aromatic carbocycles. The van der Waals surface area contributed by atoms with E-state index in [1.807, 2.05) is 18.3 Å². The minimum Gasteiger partial charge on any atom is -0.394 e. The van der Waals surface area contributed by atoms with E-state index in [4.69, 9.17) is 5.11 Å². The maximum atomic E-state index is 8.83. The molecule has 2 N–H and O–H groups in total. The van der Waals surface area contributed by atoms with Gasteiger partial charge in [0.2, 0.25) is 0 Å². The zero-order chi connectivity index (χ0) is 13.0. The lowest BCUT2D eigenvalue weighted by atomic mass is 10.1. The molecule has 0 fully saturated rings. The molecule has 18 heavy (non-hydrogen) atoms. The van der Waals surface area contributed by atoms with E-state index >= 15 is 0 Å². The summed E-state index contributed by atoms with van der Waals surface area (Å²) in [6, 6.07) is 8.41. The van der Waals surface area contributed by atoms with Gasteiger partial charge in [-0.1, -0.05) is 28.1 Å². The summed E-state index contributed by atoms with van der Waals surface area (Å²) >= 11 is 3.47. The van der Waals surface area contributed by atoms with Gasteiger partial charge in [-0.05, 0) is 24.6 Å². The number of halogens is 1. The highest BCUT2D eigenvalue weighted by Gasteiger charge is 2.06. The van der Waals surface area contributed by atoms with Crippen molar-refractivity contribution in [2.45, 2.75) is 19.5 Å². The van der Waals surface area contributed by atoms with E-state index in [-0.39, 0.29) is 12.6 Å². The SMILES string of the molecule is CC(Nc1cnn(CCO)c1)c1cccc(Br)c1. The number of aliphatic hydroxyl groups is 1. The van der Waals surface area contributed by atoms with Crippen LogP contribution in [0.1, 0.15) is 18.5 Å². The summed E-state index contributed by atoms with van der Waals surface area (Å²) in [5, 5.41) is 16.4. The molecule has 1 unspecified atom stereocenters. The molecule has 4 nitrogen and oxygen atoms in total. The van der Waals surface area contributed by atoms with Gasteiger partial charge in [0.25, 0.3) is 0 Å². The Kier molecular flexibility index (Phi) is 4.38. The van der Waals surface area contributed by atoms with E-state index in [1.54, 1.807) is 10.9 Å². The Morgan fingerprint density at radius 1 is 1.50 bits per heavy atom. The summed E-state index contributed by atoms with van der Waals surface area (Å²) in [6.45, 7) is 2.72. The van der Waals surface area contributed by atoms with Gasteiger partial charge in [0.15, 0.2) is 0 Å². The number of aromatic nitrogens is 2. The Bertz CT molecular complexity index is 512. The van der Waals surface area contributed by atoms with E-state index in [0.717, 1.165) is 10.2 Å². The van der Waals surface area contributed by atoms with Gasteiger partial charge in [-0.2, -0.15) is 5.10 Å². The average molecular weight is 310 g/mol. The van der Waals surface area contributed by atoms with Crippen LogP contribution >= 0.6 is 15.9 Å². The largest absolute Gasteiger partial charge is 0.394 e. The molecule has 0 saturated heterocycles. The van der Waals surface area contributed by atoms with Gasteiger partial charge in [0.05, 0.1) is 25.0 Å². The number of nitrogens with one attached hydrogen (secondary N) is 1. The lowest BCUT2D eigenvalue weighted by Crippen LogP contribution is -2.06. The first-order chi connectivity index (χ1) is 8.69. The second-order valence-corrected chi connectivity index (χ2v) is 5.05. The monoisotopic (exact) mass is 309 g/mol. The molecule has 1 aromatic heterocycles. The van der Waals surface area contributed by atoms with Gasteiger partial charge >= 0.3 is 0 Å². The van der Waals surface area contributed by atoms with E-state index in [1.165, 1.54) is 5.56 Å². The topological polar surface area (TPSA) is 50.1 Å². The number of rotatable bonds is 5. The predicted molar refractivity (Wildman–Crippen MR) is 75.5 cm³/mol. The molecule has 0 spiro atoms. The van der Waals surface area contributed by atoms with Crippen molar-refractivity contribution < 1.29 is 5.11 Å². The molecule has 1 atom stereocenters. The average Bonchev–Trinajstić information content (AvgIpc) is 2.77. The molecule has 0 radical (unpaired) electrons. The Labute approximate surface area is 115 Å². The fourth-order valence-corrected chi connectivity index (χ4v) is 2.19. The fourth-order valence-electron chi connectivity index (χ4n) is 1.77. The number of benzene rings is 1. The molecule has 0 aliphatic rings. The Morgan fingerprint density at radius 2 is 2.33 bits per heavy atom. The van der Waals surface area contributed by atoms with Crippen LogP contribution in [0.4, 0.5) is 5.69 Å². The highest BCUT2D eigenvalue weighted by atomic mass is 79.9. The Morgan fingerprint density at radius 3 is 3.06 bits per heavy atom. The van der Waals surface area contributed by atoms with Crippen LogP contribution in [0.3, 0.4) is 0 Å². The summed E-state index contributed by atoms with van der Waals surface area (Å²) in [4.78, 5) is 0.